The van der Waals surface area contributed by atoms with Crippen LogP contribution in [0.4, 0.5) is 19.7 Å². The van der Waals surface area contributed by atoms with Crippen LogP contribution < -0.4 is 20.7 Å². The molecule has 0 aliphatic carbocycles. The topological polar surface area (TPSA) is 105 Å². The summed E-state index contributed by atoms with van der Waals surface area (Å²) in [4.78, 5) is 23.5. The molecular weight excluding hydrogens is 534 g/mol. The molecule has 1 aromatic carbocycles. The van der Waals surface area contributed by atoms with Crippen molar-refractivity contribution in [2.24, 2.45) is 0 Å². The van der Waals surface area contributed by atoms with Crippen molar-refractivity contribution in [1.29, 1.82) is 0 Å². The highest BCUT2D eigenvalue weighted by atomic mass is 32.1. The summed E-state index contributed by atoms with van der Waals surface area (Å²) in [5, 5.41) is 4.81. The molecule has 4 atom stereocenters. The van der Waals surface area contributed by atoms with Gasteiger partial charge in [0.05, 0.1) is 26.8 Å². The molecule has 4 saturated heterocycles. The number of benzene rings is 1. The number of rotatable bonds is 5. The monoisotopic (exact) mass is 564 g/mol. The number of hydrogen-bond donors (Lipinski definition) is 2. The largest absolute Gasteiger partial charge is 0.461 e. The number of thiazole rings is 1. The summed E-state index contributed by atoms with van der Waals surface area (Å²) in [6.45, 7) is 3.41. The number of ether oxygens (including phenoxy) is 1. The first-order chi connectivity index (χ1) is 19.4. The molecule has 2 bridgehead atoms. The fourth-order valence-corrected chi connectivity index (χ4v) is 8.01. The fraction of sp³-hybridized carbons (Fsp3) is 0.500. The maximum atomic E-state index is 14.5. The number of nitrogen functional groups attached to an aromatic ring is 1. The van der Waals surface area contributed by atoms with Gasteiger partial charge in [0, 0.05) is 43.7 Å². The summed E-state index contributed by atoms with van der Waals surface area (Å²) in [6, 6.07) is 8.09. The third-order valence-corrected chi connectivity index (χ3v) is 9.95. The molecule has 0 saturated carbocycles. The molecule has 12 heteroatoms. The van der Waals surface area contributed by atoms with Crippen molar-refractivity contribution in [1.82, 2.24) is 30.2 Å². The fourth-order valence-electron chi connectivity index (χ4n) is 7.25. The first kappa shape index (κ1) is 24.6. The molecule has 4 aromatic rings. The molecule has 8 rings (SSSR count). The highest BCUT2D eigenvalue weighted by Gasteiger charge is 2.49. The molecule has 4 fully saturated rings. The quantitative estimate of drug-likeness (QED) is 0.373. The minimum absolute atomic E-state index is 0.253. The van der Waals surface area contributed by atoms with Crippen LogP contribution >= 0.6 is 11.3 Å². The number of aromatic nitrogens is 4. The number of pyridine rings is 1. The average molecular weight is 565 g/mol. The Hall–Kier alpha value is -3.22. The summed E-state index contributed by atoms with van der Waals surface area (Å²) in [7, 11) is 0. The highest BCUT2D eigenvalue weighted by Crippen LogP contribution is 2.41. The van der Waals surface area contributed by atoms with Crippen LogP contribution in [0.1, 0.15) is 32.1 Å². The maximum absolute atomic E-state index is 14.5. The summed E-state index contributed by atoms with van der Waals surface area (Å²) < 4.78 is 35.5. The van der Waals surface area contributed by atoms with Gasteiger partial charge in [-0.25, -0.2) is 18.7 Å². The minimum Gasteiger partial charge on any atom is -0.461 e. The Morgan fingerprint density at radius 2 is 1.93 bits per heavy atom. The minimum atomic E-state index is -0.829. The van der Waals surface area contributed by atoms with E-state index in [1.54, 1.807) is 6.07 Å². The second kappa shape index (κ2) is 9.15. The average Bonchev–Trinajstić information content (AvgIpc) is 3.69. The van der Waals surface area contributed by atoms with Gasteiger partial charge in [-0.1, -0.05) is 11.3 Å². The molecule has 2 unspecified atom stereocenters. The molecule has 9 nitrogen and oxygen atoms in total. The Labute approximate surface area is 233 Å². The summed E-state index contributed by atoms with van der Waals surface area (Å²) >= 11 is 1.12. The molecule has 7 heterocycles. The van der Waals surface area contributed by atoms with Gasteiger partial charge in [0.25, 0.3) is 0 Å². The molecule has 208 valence electrons. The van der Waals surface area contributed by atoms with E-state index < -0.39 is 6.17 Å². The van der Waals surface area contributed by atoms with Crippen LogP contribution in [0.2, 0.25) is 0 Å². The molecule has 3 aromatic heterocycles. The third-order valence-electron chi connectivity index (χ3n) is 9.05. The number of alkyl halides is 1. The van der Waals surface area contributed by atoms with Gasteiger partial charge in [0.15, 0.2) is 10.8 Å². The van der Waals surface area contributed by atoms with Crippen molar-refractivity contribution >= 4 is 43.5 Å². The summed E-state index contributed by atoms with van der Waals surface area (Å²) in [5.74, 6) is 0.445. The highest BCUT2D eigenvalue weighted by molar-refractivity contribution is 7.22. The Kier molecular flexibility index (Phi) is 5.62. The zero-order chi connectivity index (χ0) is 27.0. The van der Waals surface area contributed by atoms with Gasteiger partial charge < -0.3 is 20.7 Å². The van der Waals surface area contributed by atoms with Crippen molar-refractivity contribution in [2.75, 3.05) is 43.4 Å². The lowest BCUT2D eigenvalue weighted by atomic mass is 9.95. The first-order valence-electron chi connectivity index (χ1n) is 14.0. The van der Waals surface area contributed by atoms with Crippen molar-refractivity contribution in [2.45, 2.75) is 55.9 Å². The van der Waals surface area contributed by atoms with E-state index in [1.165, 1.54) is 6.07 Å². The van der Waals surface area contributed by atoms with Gasteiger partial charge in [-0.2, -0.15) is 9.97 Å². The zero-order valence-corrected chi connectivity index (χ0v) is 22.8. The number of hydrogen-bond acceptors (Lipinski definition) is 10. The molecule has 0 spiro atoms. The van der Waals surface area contributed by atoms with Crippen LogP contribution in [0.5, 0.6) is 6.01 Å². The van der Waals surface area contributed by atoms with Crippen LogP contribution in [0.25, 0.3) is 32.5 Å². The Morgan fingerprint density at radius 3 is 2.77 bits per heavy atom. The van der Waals surface area contributed by atoms with Crippen molar-refractivity contribution < 1.29 is 13.5 Å². The van der Waals surface area contributed by atoms with E-state index in [0.717, 1.165) is 67.9 Å². The smallest absolute Gasteiger partial charge is 0.320 e. The predicted molar refractivity (Wildman–Crippen MR) is 151 cm³/mol. The number of nitrogens with one attached hydrogen (secondary N) is 1. The van der Waals surface area contributed by atoms with Gasteiger partial charge in [0.2, 0.25) is 0 Å². The molecular formula is C28H30F2N8OS. The number of halogens is 2. The van der Waals surface area contributed by atoms with Crippen molar-refractivity contribution in [3.8, 4) is 17.3 Å². The SMILES string of the molecule is Nc1nc2c(-c3ccc4c(N5CC6CCC(C5)N6)nc(OC[C@@]56CCCN5C[C@H](F)C6)nc4n3)ccc(F)c2s1. The van der Waals surface area contributed by atoms with E-state index in [9.17, 15) is 8.78 Å². The number of nitrogens with two attached hydrogens (primary N) is 1. The normalized spacial score (nSPS) is 28.1. The second-order valence-corrected chi connectivity index (χ2v) is 12.7. The van der Waals surface area contributed by atoms with Crippen molar-refractivity contribution in [3.05, 3.63) is 30.1 Å². The molecule has 4 aliphatic heterocycles. The third kappa shape index (κ3) is 3.99. The summed E-state index contributed by atoms with van der Waals surface area (Å²) in [6.07, 6.45) is 3.90. The summed E-state index contributed by atoms with van der Waals surface area (Å²) in [5.41, 5.74) is 7.92. The Bertz CT molecular complexity index is 1620. The molecule has 0 amide bonds. The lowest BCUT2D eigenvalue weighted by Gasteiger charge is -2.34. The number of piperazine rings is 1. The number of fused-ring (bicyclic) bond motifs is 5. The molecule has 4 aliphatic rings. The van der Waals surface area contributed by atoms with Crippen LogP contribution in [-0.2, 0) is 0 Å². The Morgan fingerprint density at radius 1 is 1.07 bits per heavy atom. The molecule has 0 radical (unpaired) electrons. The van der Waals surface area contributed by atoms with Crippen LogP contribution in [-0.4, -0.2) is 81.4 Å². The van der Waals surface area contributed by atoms with E-state index >= 15 is 0 Å². The van der Waals surface area contributed by atoms with Gasteiger partial charge in [-0.05, 0) is 56.5 Å². The lowest BCUT2D eigenvalue weighted by Crippen LogP contribution is -2.51. The van der Waals surface area contributed by atoms with E-state index in [2.05, 4.69) is 20.1 Å². The van der Waals surface area contributed by atoms with Crippen LogP contribution in [0.3, 0.4) is 0 Å². The van der Waals surface area contributed by atoms with E-state index in [-0.39, 0.29) is 17.4 Å². The lowest BCUT2D eigenvalue weighted by molar-refractivity contribution is 0.107. The second-order valence-electron chi connectivity index (χ2n) is 11.6. The molecule has 3 N–H and O–H groups in total. The van der Waals surface area contributed by atoms with Crippen LogP contribution in [0, 0.1) is 5.82 Å². The first-order valence-corrected chi connectivity index (χ1v) is 14.8. The van der Waals surface area contributed by atoms with Gasteiger partial charge in [-0.15, -0.1) is 0 Å². The Balaban J connectivity index is 1.21. The van der Waals surface area contributed by atoms with E-state index in [1.807, 2.05) is 12.1 Å². The standard InChI is InChI=1S/C28H30F2N8OS/c29-15-10-28(8-1-9-38(28)11-15)14-39-27-35-24-19(25(36-27)37-12-16-2-3-17(13-37)32-16)5-7-21(33-24)18-4-6-20(30)23-22(18)34-26(31)40-23/h4-7,15-17,32H,1-3,8-14H2,(H2,31,34)/t15-,16?,17?,28+/m1/s1. The van der Waals surface area contributed by atoms with Gasteiger partial charge in [-0.3, -0.25) is 4.90 Å². The number of nitrogens with zero attached hydrogens (tertiary/aromatic N) is 6. The van der Waals surface area contributed by atoms with Gasteiger partial charge >= 0.3 is 6.01 Å². The molecule has 40 heavy (non-hydrogen) atoms. The van der Waals surface area contributed by atoms with E-state index in [4.69, 9.17) is 25.4 Å². The van der Waals surface area contributed by atoms with E-state index in [0.29, 0.717) is 63.9 Å². The van der Waals surface area contributed by atoms with Gasteiger partial charge in [0.1, 0.15) is 24.4 Å². The predicted octanol–water partition coefficient (Wildman–Crippen LogP) is 3.92. The van der Waals surface area contributed by atoms with Crippen molar-refractivity contribution in [3.63, 3.8) is 0 Å². The maximum Gasteiger partial charge on any atom is 0.320 e. The number of anilines is 2. The van der Waals surface area contributed by atoms with Crippen LogP contribution in [0.15, 0.2) is 24.3 Å². The zero-order valence-electron chi connectivity index (χ0n) is 21.9.